The van der Waals surface area contributed by atoms with Gasteiger partial charge < -0.3 is 5.11 Å². The average molecular weight is 168 g/mol. The molecular weight excluding hydrogens is 152 g/mol. The molecule has 0 saturated heterocycles. The van der Waals surface area contributed by atoms with E-state index in [4.69, 9.17) is 5.11 Å². The minimum Gasteiger partial charge on any atom is -0.478 e. The zero-order chi connectivity index (χ0) is 9.56. The molecule has 0 atom stereocenters. The first-order chi connectivity index (χ1) is 5.57. The molecule has 0 amide bonds. The zero-order valence-electron chi connectivity index (χ0n) is 7.92. The molecule has 12 heavy (non-hydrogen) atoms. The van der Waals surface area contributed by atoms with Crippen LogP contribution in [0.25, 0.3) is 0 Å². The van der Waals surface area contributed by atoms with Gasteiger partial charge in [0.2, 0.25) is 0 Å². The molecule has 0 radical (unpaired) electrons. The Kier molecular flexibility index (Phi) is 5.09. The van der Waals surface area contributed by atoms with E-state index in [0.29, 0.717) is 5.57 Å². The van der Waals surface area contributed by atoms with E-state index in [2.05, 4.69) is 0 Å². The molecule has 0 aromatic carbocycles. The zero-order valence-corrected chi connectivity index (χ0v) is 7.92. The molecule has 0 saturated carbocycles. The van der Waals surface area contributed by atoms with Crippen LogP contribution in [0.15, 0.2) is 23.3 Å². The summed E-state index contributed by atoms with van der Waals surface area (Å²) in [5, 5.41) is 8.52. The van der Waals surface area contributed by atoms with Gasteiger partial charge in [-0.15, -0.1) is 0 Å². The largest absolute Gasteiger partial charge is 0.478 e. The summed E-state index contributed by atoms with van der Waals surface area (Å²) in [6.07, 6.45) is 5.56. The van der Waals surface area contributed by atoms with Crippen molar-refractivity contribution in [2.75, 3.05) is 0 Å². The van der Waals surface area contributed by atoms with Crippen LogP contribution in [0.1, 0.15) is 33.6 Å². The van der Waals surface area contributed by atoms with Gasteiger partial charge in [0.1, 0.15) is 0 Å². The molecule has 2 nitrogen and oxygen atoms in total. The lowest BCUT2D eigenvalue weighted by atomic mass is 10.1. The highest BCUT2D eigenvalue weighted by molar-refractivity contribution is 5.85. The van der Waals surface area contributed by atoms with Crippen LogP contribution < -0.4 is 0 Å². The molecule has 0 fully saturated rings. The molecule has 0 heterocycles. The molecule has 0 spiro atoms. The smallest absolute Gasteiger partial charge is 0.330 e. The summed E-state index contributed by atoms with van der Waals surface area (Å²) in [5.74, 6) is -0.826. The van der Waals surface area contributed by atoms with E-state index in [9.17, 15) is 4.79 Å². The van der Waals surface area contributed by atoms with Crippen LogP contribution >= 0.6 is 0 Å². The third kappa shape index (κ3) is 4.72. The Hall–Kier alpha value is -1.05. The number of carboxylic acids is 1. The minimum atomic E-state index is -0.826. The third-order valence-corrected chi connectivity index (χ3v) is 1.82. The van der Waals surface area contributed by atoms with Crippen LogP contribution in [-0.2, 0) is 4.79 Å². The number of carbonyl (C=O) groups is 1. The molecule has 0 unspecified atom stereocenters. The maximum absolute atomic E-state index is 10.4. The third-order valence-electron chi connectivity index (χ3n) is 1.82. The van der Waals surface area contributed by atoms with E-state index in [-0.39, 0.29) is 0 Å². The first kappa shape index (κ1) is 11.0. The number of allylic oxidation sites excluding steroid dienone is 3. The van der Waals surface area contributed by atoms with E-state index in [1.807, 2.05) is 19.9 Å². The van der Waals surface area contributed by atoms with Crippen molar-refractivity contribution in [3.8, 4) is 0 Å². The van der Waals surface area contributed by atoms with Gasteiger partial charge in [0, 0.05) is 5.57 Å². The van der Waals surface area contributed by atoms with Gasteiger partial charge in [-0.2, -0.15) is 0 Å². The molecule has 68 valence electrons. The van der Waals surface area contributed by atoms with Crippen molar-refractivity contribution < 1.29 is 9.90 Å². The highest BCUT2D eigenvalue weighted by Crippen LogP contribution is 2.06. The van der Waals surface area contributed by atoms with E-state index in [0.717, 1.165) is 12.8 Å². The topological polar surface area (TPSA) is 37.3 Å². The predicted molar refractivity (Wildman–Crippen MR) is 50.1 cm³/mol. The van der Waals surface area contributed by atoms with E-state index in [1.165, 1.54) is 5.57 Å². The SMILES string of the molecule is CC=C(C)CCC=C(C)C(=O)O. The van der Waals surface area contributed by atoms with Crippen molar-refractivity contribution in [3.05, 3.63) is 23.3 Å². The second-order valence-electron chi connectivity index (χ2n) is 2.87. The maximum atomic E-state index is 10.4. The normalized spacial score (nSPS) is 13.2. The Morgan fingerprint density at radius 2 is 2.00 bits per heavy atom. The van der Waals surface area contributed by atoms with Crippen molar-refractivity contribution in [2.24, 2.45) is 0 Å². The average Bonchev–Trinajstić information content (AvgIpc) is 2.03. The van der Waals surface area contributed by atoms with Gasteiger partial charge >= 0.3 is 5.97 Å². The van der Waals surface area contributed by atoms with E-state index < -0.39 is 5.97 Å². The van der Waals surface area contributed by atoms with Gasteiger partial charge in [0.15, 0.2) is 0 Å². The van der Waals surface area contributed by atoms with Crippen molar-refractivity contribution in [2.45, 2.75) is 33.6 Å². The molecule has 2 heteroatoms. The van der Waals surface area contributed by atoms with Crippen LogP contribution in [0.4, 0.5) is 0 Å². The highest BCUT2D eigenvalue weighted by atomic mass is 16.4. The van der Waals surface area contributed by atoms with E-state index in [1.54, 1.807) is 13.0 Å². The fourth-order valence-corrected chi connectivity index (χ4v) is 0.748. The Morgan fingerprint density at radius 1 is 1.42 bits per heavy atom. The number of hydrogen-bond acceptors (Lipinski definition) is 1. The van der Waals surface area contributed by atoms with Crippen LogP contribution in [0.5, 0.6) is 0 Å². The summed E-state index contributed by atoms with van der Waals surface area (Å²) in [6.45, 7) is 5.65. The molecule has 1 N–H and O–H groups in total. The maximum Gasteiger partial charge on any atom is 0.330 e. The number of aliphatic carboxylic acids is 1. The van der Waals surface area contributed by atoms with Gasteiger partial charge in [-0.1, -0.05) is 17.7 Å². The van der Waals surface area contributed by atoms with Gasteiger partial charge in [0.05, 0.1) is 0 Å². The Bertz CT molecular complexity index is 212. The molecule has 0 bridgehead atoms. The summed E-state index contributed by atoms with van der Waals surface area (Å²) < 4.78 is 0. The Morgan fingerprint density at radius 3 is 2.42 bits per heavy atom. The Balaban J connectivity index is 3.83. The van der Waals surface area contributed by atoms with Crippen molar-refractivity contribution in [3.63, 3.8) is 0 Å². The van der Waals surface area contributed by atoms with Gasteiger partial charge in [-0.3, -0.25) is 0 Å². The van der Waals surface area contributed by atoms with Gasteiger partial charge in [-0.05, 0) is 33.6 Å². The quantitative estimate of drug-likeness (QED) is 0.517. The lowest BCUT2D eigenvalue weighted by Crippen LogP contribution is -1.95. The number of rotatable bonds is 4. The number of carboxylic acid groups (broad SMARTS) is 1. The fraction of sp³-hybridized carbons (Fsp3) is 0.500. The lowest BCUT2D eigenvalue weighted by Gasteiger charge is -1.96. The summed E-state index contributed by atoms with van der Waals surface area (Å²) in [6, 6.07) is 0. The highest BCUT2D eigenvalue weighted by Gasteiger charge is 1.97. The standard InChI is InChI=1S/C10H16O2/c1-4-8(2)6-5-7-9(3)10(11)12/h4,7H,5-6H2,1-3H3,(H,11,12). The van der Waals surface area contributed by atoms with Crippen LogP contribution in [-0.4, -0.2) is 11.1 Å². The number of hydrogen-bond donors (Lipinski definition) is 1. The minimum absolute atomic E-state index is 0.430. The van der Waals surface area contributed by atoms with Crippen LogP contribution in [0.2, 0.25) is 0 Å². The second kappa shape index (κ2) is 5.58. The monoisotopic (exact) mass is 168 g/mol. The molecule has 0 aliphatic rings. The summed E-state index contributed by atoms with van der Waals surface area (Å²) in [7, 11) is 0. The van der Waals surface area contributed by atoms with Crippen molar-refractivity contribution in [1.82, 2.24) is 0 Å². The van der Waals surface area contributed by atoms with Gasteiger partial charge in [0.25, 0.3) is 0 Å². The second-order valence-corrected chi connectivity index (χ2v) is 2.87. The first-order valence-electron chi connectivity index (χ1n) is 4.09. The molecule has 0 aliphatic heterocycles. The molecule has 0 aromatic rings. The van der Waals surface area contributed by atoms with E-state index >= 15 is 0 Å². The summed E-state index contributed by atoms with van der Waals surface area (Å²) in [4.78, 5) is 10.4. The lowest BCUT2D eigenvalue weighted by molar-refractivity contribution is -0.132. The molecular formula is C10H16O2. The molecule has 0 aromatic heterocycles. The van der Waals surface area contributed by atoms with Crippen LogP contribution in [0.3, 0.4) is 0 Å². The predicted octanol–water partition coefficient (Wildman–Crippen LogP) is 2.76. The van der Waals surface area contributed by atoms with Crippen molar-refractivity contribution >= 4 is 5.97 Å². The molecule has 0 aliphatic carbocycles. The van der Waals surface area contributed by atoms with Gasteiger partial charge in [-0.25, -0.2) is 4.79 Å². The summed E-state index contributed by atoms with van der Waals surface area (Å²) >= 11 is 0. The van der Waals surface area contributed by atoms with Crippen LogP contribution in [0, 0.1) is 0 Å². The van der Waals surface area contributed by atoms with Crippen molar-refractivity contribution in [1.29, 1.82) is 0 Å². The first-order valence-corrected chi connectivity index (χ1v) is 4.09. The summed E-state index contributed by atoms with van der Waals surface area (Å²) in [5.41, 5.74) is 1.73. The Labute approximate surface area is 73.6 Å². The fourth-order valence-electron chi connectivity index (χ4n) is 0.748. The molecule has 0 rings (SSSR count).